The maximum absolute atomic E-state index is 12.0. The predicted molar refractivity (Wildman–Crippen MR) is 79.9 cm³/mol. The Kier molecular flexibility index (Phi) is 3.69. The van der Waals surface area contributed by atoms with E-state index < -0.39 is 0 Å². The summed E-state index contributed by atoms with van der Waals surface area (Å²) in [6, 6.07) is 5.17. The Morgan fingerprint density at radius 3 is 2.91 bits per heavy atom. The molecule has 7 heteroatoms. The molecule has 0 fully saturated rings. The van der Waals surface area contributed by atoms with E-state index in [9.17, 15) is 9.59 Å². The van der Waals surface area contributed by atoms with Crippen molar-refractivity contribution in [1.29, 1.82) is 0 Å². The number of rotatable bonds is 2. The minimum atomic E-state index is -0.354. The van der Waals surface area contributed by atoms with Crippen LogP contribution in [0.1, 0.15) is 17.4 Å². The van der Waals surface area contributed by atoms with Crippen molar-refractivity contribution < 1.29 is 14.3 Å². The second-order valence-corrected chi connectivity index (χ2v) is 4.75. The van der Waals surface area contributed by atoms with Crippen LogP contribution in [0.5, 0.6) is 5.75 Å². The summed E-state index contributed by atoms with van der Waals surface area (Å²) in [5.41, 5.74) is 1.50. The van der Waals surface area contributed by atoms with E-state index in [0.29, 0.717) is 30.3 Å². The fourth-order valence-corrected chi connectivity index (χ4v) is 2.24. The Balaban J connectivity index is 1.82. The number of anilines is 2. The van der Waals surface area contributed by atoms with Crippen LogP contribution in [0.2, 0.25) is 0 Å². The molecule has 0 spiro atoms. The minimum absolute atomic E-state index is 0.0408. The molecule has 1 aliphatic heterocycles. The lowest BCUT2D eigenvalue weighted by Gasteiger charge is -2.28. The van der Waals surface area contributed by atoms with E-state index in [1.807, 2.05) is 0 Å². The van der Waals surface area contributed by atoms with Crippen LogP contribution < -0.4 is 15.0 Å². The molecule has 0 atom stereocenters. The van der Waals surface area contributed by atoms with E-state index in [4.69, 9.17) is 4.74 Å². The van der Waals surface area contributed by atoms with Gasteiger partial charge in [-0.3, -0.25) is 14.6 Å². The SMILES string of the molecule is CC(=O)N1CCOc2cc(NC(=O)c3cnccn3)ccc21. The molecule has 0 saturated carbocycles. The first-order valence-electron chi connectivity index (χ1n) is 6.77. The molecule has 2 heterocycles. The molecule has 112 valence electrons. The van der Waals surface area contributed by atoms with Crippen LogP contribution in [0.25, 0.3) is 0 Å². The standard InChI is InChI=1S/C15H14N4O3/c1-10(20)19-6-7-22-14-8-11(2-3-13(14)19)18-15(21)12-9-16-4-5-17-12/h2-5,8-9H,6-7H2,1H3,(H,18,21). The predicted octanol–water partition coefficient (Wildman–Crippen LogP) is 1.47. The average Bonchev–Trinajstić information content (AvgIpc) is 2.54. The molecule has 3 rings (SSSR count). The van der Waals surface area contributed by atoms with Gasteiger partial charge in [-0.2, -0.15) is 0 Å². The highest BCUT2D eigenvalue weighted by atomic mass is 16.5. The van der Waals surface area contributed by atoms with Gasteiger partial charge < -0.3 is 15.0 Å². The van der Waals surface area contributed by atoms with Crippen LogP contribution in [-0.2, 0) is 4.79 Å². The zero-order valence-electron chi connectivity index (χ0n) is 11.9. The summed E-state index contributed by atoms with van der Waals surface area (Å²) in [5.74, 6) is 0.173. The number of hydrogen-bond acceptors (Lipinski definition) is 5. The Morgan fingerprint density at radius 2 is 2.18 bits per heavy atom. The number of fused-ring (bicyclic) bond motifs is 1. The number of nitrogens with zero attached hydrogens (tertiary/aromatic N) is 3. The van der Waals surface area contributed by atoms with E-state index in [0.717, 1.165) is 0 Å². The van der Waals surface area contributed by atoms with Crippen LogP contribution in [0.3, 0.4) is 0 Å². The van der Waals surface area contributed by atoms with Crippen molar-refractivity contribution in [1.82, 2.24) is 9.97 Å². The number of carbonyl (C=O) groups is 2. The lowest BCUT2D eigenvalue weighted by Crippen LogP contribution is -2.36. The lowest BCUT2D eigenvalue weighted by molar-refractivity contribution is -0.116. The number of amides is 2. The Labute approximate surface area is 126 Å². The number of hydrogen-bond donors (Lipinski definition) is 1. The van der Waals surface area contributed by atoms with Gasteiger partial charge in [-0.1, -0.05) is 0 Å². The summed E-state index contributed by atoms with van der Waals surface area (Å²) in [7, 11) is 0. The molecule has 2 aromatic rings. The Hall–Kier alpha value is -2.96. The van der Waals surface area contributed by atoms with Crippen LogP contribution in [0.4, 0.5) is 11.4 Å². The summed E-state index contributed by atoms with van der Waals surface area (Å²) >= 11 is 0. The molecule has 1 aromatic heterocycles. The number of aromatic nitrogens is 2. The third-order valence-electron chi connectivity index (χ3n) is 3.26. The van der Waals surface area contributed by atoms with Gasteiger partial charge in [-0.25, -0.2) is 4.98 Å². The molecular weight excluding hydrogens is 284 g/mol. The monoisotopic (exact) mass is 298 g/mol. The first-order valence-corrected chi connectivity index (χ1v) is 6.77. The van der Waals surface area contributed by atoms with Crippen LogP contribution in [0.15, 0.2) is 36.8 Å². The van der Waals surface area contributed by atoms with Gasteiger partial charge in [0.1, 0.15) is 18.1 Å². The third-order valence-corrected chi connectivity index (χ3v) is 3.26. The molecule has 1 aliphatic rings. The molecular formula is C15H14N4O3. The molecule has 0 radical (unpaired) electrons. The van der Waals surface area contributed by atoms with Gasteiger partial charge in [0, 0.05) is 31.1 Å². The van der Waals surface area contributed by atoms with E-state index in [1.54, 1.807) is 23.1 Å². The largest absolute Gasteiger partial charge is 0.489 e. The van der Waals surface area contributed by atoms with Crippen molar-refractivity contribution in [3.05, 3.63) is 42.5 Å². The molecule has 0 saturated heterocycles. The van der Waals surface area contributed by atoms with Gasteiger partial charge in [-0.05, 0) is 12.1 Å². The van der Waals surface area contributed by atoms with E-state index in [-0.39, 0.29) is 17.5 Å². The molecule has 1 N–H and O–H groups in total. The molecule has 0 unspecified atom stereocenters. The van der Waals surface area contributed by atoms with E-state index in [2.05, 4.69) is 15.3 Å². The maximum atomic E-state index is 12.0. The first kappa shape index (κ1) is 14.0. The Bertz CT molecular complexity index is 718. The maximum Gasteiger partial charge on any atom is 0.275 e. The van der Waals surface area contributed by atoms with Gasteiger partial charge in [0.25, 0.3) is 5.91 Å². The van der Waals surface area contributed by atoms with E-state index >= 15 is 0 Å². The van der Waals surface area contributed by atoms with Crippen molar-refractivity contribution in [2.24, 2.45) is 0 Å². The molecule has 1 aromatic carbocycles. The minimum Gasteiger partial charge on any atom is -0.489 e. The summed E-state index contributed by atoms with van der Waals surface area (Å²) in [5, 5.41) is 2.73. The average molecular weight is 298 g/mol. The normalized spacial score (nSPS) is 13.0. The van der Waals surface area contributed by atoms with Crippen molar-refractivity contribution >= 4 is 23.2 Å². The Morgan fingerprint density at radius 1 is 1.32 bits per heavy atom. The van der Waals surface area contributed by atoms with Gasteiger partial charge in [0.05, 0.1) is 18.4 Å². The van der Waals surface area contributed by atoms with Crippen molar-refractivity contribution in [3.63, 3.8) is 0 Å². The molecule has 2 amide bonds. The third kappa shape index (κ3) is 2.73. The summed E-state index contributed by atoms with van der Waals surface area (Å²) in [4.78, 5) is 33.1. The van der Waals surface area contributed by atoms with Crippen molar-refractivity contribution in [2.75, 3.05) is 23.4 Å². The quantitative estimate of drug-likeness (QED) is 0.907. The van der Waals surface area contributed by atoms with Crippen LogP contribution in [-0.4, -0.2) is 34.9 Å². The number of nitrogens with one attached hydrogen (secondary N) is 1. The number of carbonyl (C=O) groups excluding carboxylic acids is 2. The van der Waals surface area contributed by atoms with Crippen molar-refractivity contribution in [2.45, 2.75) is 6.92 Å². The highest BCUT2D eigenvalue weighted by Crippen LogP contribution is 2.34. The zero-order chi connectivity index (χ0) is 15.5. The first-order chi connectivity index (χ1) is 10.6. The highest BCUT2D eigenvalue weighted by molar-refractivity contribution is 6.03. The fourth-order valence-electron chi connectivity index (χ4n) is 2.24. The van der Waals surface area contributed by atoms with Gasteiger partial charge >= 0.3 is 0 Å². The van der Waals surface area contributed by atoms with Crippen molar-refractivity contribution in [3.8, 4) is 5.75 Å². The zero-order valence-corrected chi connectivity index (χ0v) is 11.9. The van der Waals surface area contributed by atoms with E-state index in [1.165, 1.54) is 25.5 Å². The number of benzene rings is 1. The second kappa shape index (κ2) is 5.80. The highest BCUT2D eigenvalue weighted by Gasteiger charge is 2.21. The van der Waals surface area contributed by atoms with Gasteiger partial charge in [0.2, 0.25) is 5.91 Å². The molecule has 0 bridgehead atoms. The van der Waals surface area contributed by atoms with Crippen LogP contribution >= 0.6 is 0 Å². The molecule has 7 nitrogen and oxygen atoms in total. The smallest absolute Gasteiger partial charge is 0.275 e. The fraction of sp³-hybridized carbons (Fsp3) is 0.200. The van der Waals surface area contributed by atoms with Gasteiger partial charge in [-0.15, -0.1) is 0 Å². The topological polar surface area (TPSA) is 84.4 Å². The lowest BCUT2D eigenvalue weighted by atomic mass is 10.2. The summed E-state index contributed by atoms with van der Waals surface area (Å²) < 4.78 is 5.56. The molecule has 0 aliphatic carbocycles. The van der Waals surface area contributed by atoms with Gasteiger partial charge in [0.15, 0.2) is 0 Å². The van der Waals surface area contributed by atoms with Crippen LogP contribution in [0, 0.1) is 0 Å². The summed E-state index contributed by atoms with van der Waals surface area (Å²) in [6.45, 7) is 2.46. The molecule has 22 heavy (non-hydrogen) atoms. The second-order valence-electron chi connectivity index (χ2n) is 4.75. The summed E-state index contributed by atoms with van der Waals surface area (Å²) in [6.07, 6.45) is 4.34. The number of ether oxygens (including phenoxy) is 1.